The Kier molecular flexibility index (Phi) is 3.72. The van der Waals surface area contributed by atoms with E-state index in [4.69, 9.17) is 0 Å². The van der Waals surface area contributed by atoms with Crippen LogP contribution >= 0.6 is 0 Å². The fourth-order valence-corrected chi connectivity index (χ4v) is 2.54. The molecule has 7 heteroatoms. The second-order valence-corrected chi connectivity index (χ2v) is 5.32. The van der Waals surface area contributed by atoms with Gasteiger partial charge in [0.1, 0.15) is 0 Å². The van der Waals surface area contributed by atoms with Crippen LogP contribution < -0.4 is 4.90 Å². The molecule has 1 aromatic carbocycles. The molecule has 0 spiro atoms. The number of ether oxygens (including phenoxy) is 1. The van der Waals surface area contributed by atoms with Crippen molar-refractivity contribution >= 4 is 11.6 Å². The van der Waals surface area contributed by atoms with Gasteiger partial charge in [0.25, 0.3) is 0 Å². The molecule has 2 aliphatic heterocycles. The third-order valence-electron chi connectivity index (χ3n) is 3.72. The molecule has 1 amide bonds. The van der Waals surface area contributed by atoms with E-state index in [1.165, 1.54) is 4.90 Å². The number of rotatable bonds is 3. The van der Waals surface area contributed by atoms with Crippen molar-refractivity contribution in [3.63, 3.8) is 0 Å². The van der Waals surface area contributed by atoms with Crippen molar-refractivity contribution in [2.75, 3.05) is 18.2 Å². The summed E-state index contributed by atoms with van der Waals surface area (Å²) < 4.78 is 42.2. The van der Waals surface area contributed by atoms with Crippen LogP contribution in [-0.2, 0) is 16.1 Å². The lowest BCUT2D eigenvalue weighted by atomic mass is 10.2. The van der Waals surface area contributed by atoms with Crippen LogP contribution in [0, 0.1) is 0 Å². The summed E-state index contributed by atoms with van der Waals surface area (Å²) in [5, 5.41) is 0. The van der Waals surface area contributed by atoms with Crippen LogP contribution in [0.2, 0.25) is 0 Å². The number of alkyl halides is 3. The number of carbonyl (C=O) groups is 1. The monoisotopic (exact) mass is 312 g/mol. The van der Waals surface area contributed by atoms with Crippen LogP contribution in [0.15, 0.2) is 36.2 Å². The molecule has 0 aromatic heterocycles. The van der Waals surface area contributed by atoms with Crippen molar-refractivity contribution in [1.82, 2.24) is 4.90 Å². The summed E-state index contributed by atoms with van der Waals surface area (Å²) in [6.45, 7) is 1.15. The van der Waals surface area contributed by atoms with Crippen LogP contribution in [0.25, 0.3) is 0 Å². The first kappa shape index (κ1) is 14.7. The second kappa shape index (κ2) is 5.55. The topological polar surface area (TPSA) is 32.8 Å². The molecule has 1 aromatic rings. The van der Waals surface area contributed by atoms with E-state index in [2.05, 4.69) is 4.74 Å². The number of likely N-dealkylation sites (tertiary alicyclic amines) is 1. The van der Waals surface area contributed by atoms with Crippen LogP contribution in [0.4, 0.5) is 18.9 Å². The zero-order valence-corrected chi connectivity index (χ0v) is 11.8. The van der Waals surface area contributed by atoms with Crippen LogP contribution in [0.3, 0.4) is 0 Å². The number of nitrogens with zero attached hydrogens (tertiary/aromatic N) is 2. The van der Waals surface area contributed by atoms with Crippen molar-refractivity contribution in [2.45, 2.75) is 25.6 Å². The van der Waals surface area contributed by atoms with Gasteiger partial charge in [0.15, 0.2) is 6.73 Å². The first-order valence-corrected chi connectivity index (χ1v) is 6.99. The van der Waals surface area contributed by atoms with E-state index >= 15 is 0 Å². The van der Waals surface area contributed by atoms with Crippen molar-refractivity contribution in [3.8, 4) is 0 Å². The average molecular weight is 312 g/mol. The fraction of sp³-hybridized carbons (Fsp3) is 0.400. The third kappa shape index (κ3) is 3.03. The van der Waals surface area contributed by atoms with Crippen molar-refractivity contribution in [1.29, 1.82) is 0 Å². The summed E-state index contributed by atoms with van der Waals surface area (Å²) in [6.07, 6.45) is -2.04. The average Bonchev–Trinajstić information content (AvgIpc) is 3.09. The smallest absolute Gasteiger partial charge is 0.450 e. The van der Waals surface area contributed by atoms with E-state index in [1.807, 2.05) is 12.1 Å². The van der Waals surface area contributed by atoms with Crippen LogP contribution in [-0.4, -0.2) is 30.3 Å². The highest BCUT2D eigenvalue weighted by molar-refractivity contribution is 5.78. The zero-order chi connectivity index (χ0) is 15.7. The quantitative estimate of drug-likeness (QED) is 0.860. The van der Waals surface area contributed by atoms with Crippen molar-refractivity contribution < 1.29 is 22.7 Å². The largest absolute Gasteiger partial charge is 0.466 e. The molecule has 4 nitrogen and oxygen atoms in total. The minimum Gasteiger partial charge on any atom is -0.466 e. The number of amides is 1. The first-order valence-electron chi connectivity index (χ1n) is 6.99. The highest BCUT2D eigenvalue weighted by Gasteiger charge is 2.39. The van der Waals surface area contributed by atoms with E-state index in [-0.39, 0.29) is 12.6 Å². The summed E-state index contributed by atoms with van der Waals surface area (Å²) >= 11 is 0. The number of hydrogen-bond donors (Lipinski definition) is 0. The maximum absolute atomic E-state index is 12.5. The summed E-state index contributed by atoms with van der Waals surface area (Å²) in [4.78, 5) is 14.8. The molecule has 2 aliphatic rings. The Morgan fingerprint density at radius 2 is 1.91 bits per heavy atom. The molecule has 0 atom stereocenters. The van der Waals surface area contributed by atoms with E-state index < -0.39 is 11.9 Å². The third-order valence-corrected chi connectivity index (χ3v) is 3.72. The fourth-order valence-electron chi connectivity index (χ4n) is 2.54. The number of benzene rings is 1. The summed E-state index contributed by atoms with van der Waals surface area (Å²) in [5.41, 5.74) is 1.58. The van der Waals surface area contributed by atoms with Crippen molar-refractivity contribution in [2.24, 2.45) is 0 Å². The minimum absolute atomic E-state index is 0.148. The molecule has 22 heavy (non-hydrogen) atoms. The number of carbonyl (C=O) groups excluding carboxylic acids is 1. The molecule has 0 saturated carbocycles. The molecular formula is C15H15F3N2O2. The van der Waals surface area contributed by atoms with E-state index in [0.29, 0.717) is 18.7 Å². The molecule has 1 saturated heterocycles. The lowest BCUT2D eigenvalue weighted by Crippen LogP contribution is -2.23. The lowest BCUT2D eigenvalue weighted by Gasteiger charge is -2.17. The van der Waals surface area contributed by atoms with Crippen molar-refractivity contribution in [3.05, 3.63) is 41.8 Å². The van der Waals surface area contributed by atoms with E-state index in [1.54, 1.807) is 17.0 Å². The standard InChI is InChI=1S/C15H15F3N2O2/c16-15(17,18)13-9-20(10-22-13)12-5-3-11(4-6-12)8-19-7-1-2-14(19)21/h3-6,9H,1-2,7-8,10H2. The molecule has 3 rings (SSSR count). The van der Waals surface area contributed by atoms with Gasteiger partial charge in [-0.25, -0.2) is 0 Å². The number of halogens is 3. The van der Waals surface area contributed by atoms with E-state index in [9.17, 15) is 18.0 Å². The molecule has 118 valence electrons. The van der Waals surface area contributed by atoms with Gasteiger partial charge >= 0.3 is 6.18 Å². The Morgan fingerprint density at radius 1 is 1.18 bits per heavy atom. The minimum atomic E-state index is -4.47. The molecule has 0 N–H and O–H groups in total. The van der Waals surface area contributed by atoms with Gasteiger partial charge in [-0.15, -0.1) is 0 Å². The molecule has 0 aliphatic carbocycles. The van der Waals surface area contributed by atoms with Crippen LogP contribution in [0.5, 0.6) is 0 Å². The van der Waals surface area contributed by atoms with Gasteiger partial charge in [0, 0.05) is 25.2 Å². The maximum atomic E-state index is 12.5. The molecular weight excluding hydrogens is 297 g/mol. The number of hydrogen-bond acceptors (Lipinski definition) is 3. The van der Waals surface area contributed by atoms with Gasteiger partial charge in [-0.05, 0) is 24.1 Å². The Bertz CT molecular complexity index is 596. The SMILES string of the molecule is O=C1CCCN1Cc1ccc(N2C=C(C(F)(F)F)OC2)cc1. The zero-order valence-electron chi connectivity index (χ0n) is 11.8. The summed E-state index contributed by atoms with van der Waals surface area (Å²) in [5.74, 6) is -0.839. The first-order chi connectivity index (χ1) is 10.4. The Labute approximate surface area is 125 Å². The van der Waals surface area contributed by atoms with Gasteiger partial charge in [-0.2, -0.15) is 13.2 Å². The number of allylic oxidation sites excluding steroid dienone is 1. The highest BCUT2D eigenvalue weighted by Crippen LogP contribution is 2.32. The molecule has 2 heterocycles. The Morgan fingerprint density at radius 3 is 2.45 bits per heavy atom. The van der Waals surface area contributed by atoms with Crippen LogP contribution in [0.1, 0.15) is 18.4 Å². The Hall–Kier alpha value is -2.18. The van der Waals surface area contributed by atoms with E-state index in [0.717, 1.165) is 24.7 Å². The normalized spacial score (nSPS) is 18.7. The summed E-state index contributed by atoms with van der Waals surface area (Å²) in [6, 6.07) is 7.10. The van der Waals surface area contributed by atoms with Gasteiger partial charge in [0.05, 0.1) is 6.20 Å². The van der Waals surface area contributed by atoms with Gasteiger partial charge in [0.2, 0.25) is 11.7 Å². The second-order valence-electron chi connectivity index (χ2n) is 5.32. The Balaban J connectivity index is 1.67. The predicted molar refractivity (Wildman–Crippen MR) is 73.7 cm³/mol. The molecule has 0 radical (unpaired) electrons. The molecule has 1 fully saturated rings. The predicted octanol–water partition coefficient (Wildman–Crippen LogP) is 3.01. The molecule has 0 unspecified atom stereocenters. The summed E-state index contributed by atoms with van der Waals surface area (Å²) in [7, 11) is 0. The van der Waals surface area contributed by atoms with Gasteiger partial charge in [-0.1, -0.05) is 12.1 Å². The molecule has 0 bridgehead atoms. The van der Waals surface area contributed by atoms with Gasteiger partial charge in [-0.3, -0.25) is 4.79 Å². The van der Waals surface area contributed by atoms with Gasteiger partial charge < -0.3 is 14.5 Å². The maximum Gasteiger partial charge on any atom is 0.450 e. The number of anilines is 1. The highest BCUT2D eigenvalue weighted by atomic mass is 19.4. The lowest BCUT2D eigenvalue weighted by molar-refractivity contribution is -0.128.